The lowest BCUT2D eigenvalue weighted by Gasteiger charge is -2.22. The van der Waals surface area contributed by atoms with Crippen LogP contribution in [-0.2, 0) is 16.8 Å². The minimum atomic E-state index is -1.23. The van der Waals surface area contributed by atoms with Gasteiger partial charge in [0.1, 0.15) is 6.26 Å². The van der Waals surface area contributed by atoms with E-state index >= 15 is 0 Å². The molecule has 1 aliphatic heterocycles. The summed E-state index contributed by atoms with van der Waals surface area (Å²) in [4.78, 5) is 29.3. The molecular formula is C27H29N5O4. The smallest absolute Gasteiger partial charge is 0.277 e. The van der Waals surface area contributed by atoms with E-state index in [0.717, 1.165) is 41.7 Å². The first-order valence-electron chi connectivity index (χ1n) is 12.0. The number of aliphatic hydroxyl groups is 1. The first kappa shape index (κ1) is 23.7. The molecule has 5 rings (SSSR count). The number of benzene rings is 1. The largest absolute Gasteiger partial charge is 0.444 e. The van der Waals surface area contributed by atoms with Crippen molar-refractivity contribution in [2.24, 2.45) is 5.92 Å². The Morgan fingerprint density at radius 2 is 2.14 bits per heavy atom. The molecule has 3 aromatic heterocycles. The van der Waals surface area contributed by atoms with Gasteiger partial charge in [-0.05, 0) is 64.3 Å². The summed E-state index contributed by atoms with van der Waals surface area (Å²) in [5.41, 5.74) is 3.33. The average Bonchev–Trinajstić information content (AvgIpc) is 3.56. The van der Waals surface area contributed by atoms with Crippen LogP contribution in [0.2, 0.25) is 0 Å². The van der Waals surface area contributed by atoms with Crippen LogP contribution in [0.25, 0.3) is 17.0 Å². The summed E-state index contributed by atoms with van der Waals surface area (Å²) >= 11 is 0. The van der Waals surface area contributed by atoms with Crippen LogP contribution in [0.15, 0.2) is 53.3 Å². The van der Waals surface area contributed by atoms with Gasteiger partial charge in [-0.1, -0.05) is 17.7 Å². The number of amides is 2. The average molecular weight is 488 g/mol. The number of rotatable bonds is 7. The maximum atomic E-state index is 13.1. The standard InChI is InChI=1S/C27H29N5O4/c1-16-5-4-6-18(11-16)26-30-23(15-36-26)25(34)29-22-13-20-12-19(8-7-17-9-10-28-24(17)33)31-32(20)14-21(22)27(2,3)35/h4-6,11-15,17,35H,7-10H2,1-3H3,(H,28,33)(H,29,34). The Labute approximate surface area is 208 Å². The van der Waals surface area contributed by atoms with Gasteiger partial charge in [0.05, 0.1) is 22.5 Å². The van der Waals surface area contributed by atoms with Crippen molar-refractivity contribution >= 4 is 23.0 Å². The zero-order valence-electron chi connectivity index (χ0n) is 20.5. The molecular weight excluding hydrogens is 458 g/mol. The summed E-state index contributed by atoms with van der Waals surface area (Å²) in [6.45, 7) is 6.00. The Balaban J connectivity index is 1.39. The van der Waals surface area contributed by atoms with Crippen LogP contribution in [0.1, 0.15) is 54.0 Å². The quantitative estimate of drug-likeness (QED) is 0.364. The van der Waals surface area contributed by atoms with Crippen LogP contribution in [0, 0.1) is 12.8 Å². The minimum absolute atomic E-state index is 0.0174. The van der Waals surface area contributed by atoms with E-state index in [1.165, 1.54) is 6.26 Å². The van der Waals surface area contributed by atoms with Crippen molar-refractivity contribution < 1.29 is 19.1 Å². The fraction of sp³-hybridized carbons (Fsp3) is 0.333. The third kappa shape index (κ3) is 4.87. The number of hydrogen-bond donors (Lipinski definition) is 3. The zero-order valence-corrected chi connectivity index (χ0v) is 20.5. The summed E-state index contributed by atoms with van der Waals surface area (Å²) in [6.07, 6.45) is 5.29. The van der Waals surface area contributed by atoms with E-state index in [-0.39, 0.29) is 17.5 Å². The van der Waals surface area contributed by atoms with Crippen LogP contribution in [0.4, 0.5) is 5.69 Å². The predicted octanol–water partition coefficient (Wildman–Crippen LogP) is 3.85. The highest BCUT2D eigenvalue weighted by Crippen LogP contribution is 2.30. The van der Waals surface area contributed by atoms with Gasteiger partial charge in [-0.25, -0.2) is 9.50 Å². The molecule has 36 heavy (non-hydrogen) atoms. The molecule has 1 unspecified atom stereocenters. The molecule has 3 N–H and O–H groups in total. The second-order valence-electron chi connectivity index (χ2n) is 9.84. The molecule has 186 valence electrons. The maximum Gasteiger partial charge on any atom is 0.277 e. The van der Waals surface area contributed by atoms with E-state index in [0.29, 0.717) is 23.6 Å². The Morgan fingerprint density at radius 3 is 2.86 bits per heavy atom. The summed E-state index contributed by atoms with van der Waals surface area (Å²) < 4.78 is 7.24. The Bertz CT molecular complexity index is 1450. The second-order valence-corrected chi connectivity index (χ2v) is 9.84. The predicted molar refractivity (Wildman–Crippen MR) is 135 cm³/mol. The lowest BCUT2D eigenvalue weighted by molar-refractivity contribution is -0.122. The number of pyridine rings is 1. The number of aromatic nitrogens is 3. The van der Waals surface area contributed by atoms with Crippen molar-refractivity contribution in [3.05, 3.63) is 71.4 Å². The Hall–Kier alpha value is -3.98. The molecule has 0 saturated carbocycles. The summed E-state index contributed by atoms with van der Waals surface area (Å²) in [6, 6.07) is 11.4. The van der Waals surface area contributed by atoms with Gasteiger partial charge in [0.25, 0.3) is 5.91 Å². The number of nitrogens with zero attached hydrogens (tertiary/aromatic N) is 3. The highest BCUT2D eigenvalue weighted by atomic mass is 16.3. The van der Waals surface area contributed by atoms with Crippen molar-refractivity contribution in [1.82, 2.24) is 19.9 Å². The molecule has 1 aliphatic rings. The number of fused-ring (bicyclic) bond motifs is 1. The highest BCUT2D eigenvalue weighted by molar-refractivity contribution is 6.03. The van der Waals surface area contributed by atoms with E-state index in [9.17, 15) is 14.7 Å². The SMILES string of the molecule is Cc1cccc(-c2nc(C(=O)Nc3cc4cc(CCC5CCNC5=O)nn4cc3C(C)(C)O)co2)c1. The summed E-state index contributed by atoms with van der Waals surface area (Å²) in [5, 5.41) is 21.2. The Kier molecular flexibility index (Phi) is 6.09. The monoisotopic (exact) mass is 487 g/mol. The fourth-order valence-corrected chi connectivity index (χ4v) is 4.52. The third-order valence-electron chi connectivity index (χ3n) is 6.47. The topological polar surface area (TPSA) is 122 Å². The number of carbonyl (C=O) groups excluding carboxylic acids is 2. The molecule has 9 heteroatoms. The van der Waals surface area contributed by atoms with Gasteiger partial charge in [-0.15, -0.1) is 0 Å². The third-order valence-corrected chi connectivity index (χ3v) is 6.47. The number of aryl methyl sites for hydroxylation is 2. The van der Waals surface area contributed by atoms with Gasteiger partial charge in [0.2, 0.25) is 11.8 Å². The highest BCUT2D eigenvalue weighted by Gasteiger charge is 2.26. The Morgan fingerprint density at radius 1 is 1.31 bits per heavy atom. The molecule has 1 saturated heterocycles. The van der Waals surface area contributed by atoms with Crippen LogP contribution >= 0.6 is 0 Å². The summed E-state index contributed by atoms with van der Waals surface area (Å²) in [7, 11) is 0. The van der Waals surface area contributed by atoms with E-state index in [4.69, 9.17) is 4.42 Å². The lowest BCUT2D eigenvalue weighted by Crippen LogP contribution is -2.22. The van der Waals surface area contributed by atoms with Crippen molar-refractivity contribution in [2.45, 2.75) is 45.6 Å². The van der Waals surface area contributed by atoms with Gasteiger partial charge in [-0.3, -0.25) is 9.59 Å². The van der Waals surface area contributed by atoms with Gasteiger partial charge >= 0.3 is 0 Å². The lowest BCUT2D eigenvalue weighted by atomic mass is 9.98. The molecule has 9 nitrogen and oxygen atoms in total. The van der Waals surface area contributed by atoms with Crippen molar-refractivity contribution in [3.8, 4) is 11.5 Å². The molecule has 0 aliphatic carbocycles. The van der Waals surface area contributed by atoms with Gasteiger partial charge in [0, 0.05) is 29.8 Å². The van der Waals surface area contributed by atoms with Gasteiger partial charge in [-0.2, -0.15) is 5.10 Å². The molecule has 2 amide bonds. The minimum Gasteiger partial charge on any atom is -0.444 e. The summed E-state index contributed by atoms with van der Waals surface area (Å²) in [5.74, 6) is 0.0353. The number of hydrogen-bond acceptors (Lipinski definition) is 6. The van der Waals surface area contributed by atoms with Crippen molar-refractivity contribution in [1.29, 1.82) is 0 Å². The van der Waals surface area contributed by atoms with Crippen molar-refractivity contribution in [2.75, 3.05) is 11.9 Å². The molecule has 1 atom stereocenters. The van der Waals surface area contributed by atoms with Crippen LogP contribution < -0.4 is 10.6 Å². The van der Waals surface area contributed by atoms with Crippen LogP contribution in [0.5, 0.6) is 0 Å². The first-order valence-corrected chi connectivity index (χ1v) is 12.0. The van der Waals surface area contributed by atoms with E-state index < -0.39 is 11.5 Å². The van der Waals surface area contributed by atoms with Crippen LogP contribution in [0.3, 0.4) is 0 Å². The molecule has 4 heterocycles. The molecule has 1 fully saturated rings. The van der Waals surface area contributed by atoms with Crippen LogP contribution in [-0.4, -0.2) is 38.1 Å². The molecule has 1 aromatic carbocycles. The van der Waals surface area contributed by atoms with E-state index in [1.807, 2.05) is 37.3 Å². The fourth-order valence-electron chi connectivity index (χ4n) is 4.52. The zero-order chi connectivity index (χ0) is 25.4. The molecule has 0 spiro atoms. The molecule has 0 bridgehead atoms. The first-order chi connectivity index (χ1) is 17.2. The maximum absolute atomic E-state index is 13.1. The normalized spacial score (nSPS) is 15.9. The van der Waals surface area contributed by atoms with Crippen molar-refractivity contribution in [3.63, 3.8) is 0 Å². The molecule has 0 radical (unpaired) electrons. The molecule has 4 aromatic rings. The number of carbonyl (C=O) groups is 2. The van der Waals surface area contributed by atoms with E-state index in [2.05, 4.69) is 20.7 Å². The second kappa shape index (κ2) is 9.23. The van der Waals surface area contributed by atoms with E-state index in [1.54, 1.807) is 30.6 Å². The number of anilines is 1. The van der Waals surface area contributed by atoms with Gasteiger partial charge in [0.15, 0.2) is 5.69 Å². The number of oxazole rings is 1. The van der Waals surface area contributed by atoms with Gasteiger partial charge < -0.3 is 20.2 Å². The number of nitrogens with one attached hydrogen (secondary N) is 2.